The maximum atomic E-state index is 11.8. The SMILES string of the molecule is COC(=O)CNC(=O)N1CCc2ccccc21. The maximum absolute atomic E-state index is 11.8. The molecule has 0 saturated carbocycles. The van der Waals surface area contributed by atoms with E-state index in [4.69, 9.17) is 0 Å². The summed E-state index contributed by atoms with van der Waals surface area (Å²) in [5.74, 6) is -0.453. The number of rotatable bonds is 2. The molecular weight excluding hydrogens is 220 g/mol. The largest absolute Gasteiger partial charge is 0.468 e. The second-order valence-electron chi connectivity index (χ2n) is 3.77. The number of nitrogens with zero attached hydrogens (tertiary/aromatic N) is 1. The molecule has 0 atom stereocenters. The molecule has 5 nitrogen and oxygen atoms in total. The smallest absolute Gasteiger partial charge is 0.325 e. The number of hydrogen-bond donors (Lipinski definition) is 1. The third-order valence-corrected chi connectivity index (χ3v) is 2.74. The molecule has 1 aliphatic heterocycles. The molecule has 1 aliphatic rings. The number of para-hydroxylation sites is 1. The molecule has 5 heteroatoms. The van der Waals surface area contributed by atoms with Crippen molar-refractivity contribution in [3.05, 3.63) is 29.8 Å². The fourth-order valence-electron chi connectivity index (χ4n) is 1.86. The fourth-order valence-corrected chi connectivity index (χ4v) is 1.86. The zero-order valence-electron chi connectivity index (χ0n) is 9.60. The van der Waals surface area contributed by atoms with Gasteiger partial charge in [0.05, 0.1) is 7.11 Å². The molecule has 1 aromatic carbocycles. The second-order valence-corrected chi connectivity index (χ2v) is 3.77. The minimum atomic E-state index is -0.453. The van der Waals surface area contributed by atoms with Gasteiger partial charge in [-0.1, -0.05) is 18.2 Å². The average Bonchev–Trinajstić information content (AvgIpc) is 2.79. The highest BCUT2D eigenvalue weighted by Crippen LogP contribution is 2.27. The summed E-state index contributed by atoms with van der Waals surface area (Å²) in [6.07, 6.45) is 0.849. The number of benzene rings is 1. The van der Waals surface area contributed by atoms with Crippen LogP contribution in [0.4, 0.5) is 10.5 Å². The van der Waals surface area contributed by atoms with Crippen molar-refractivity contribution in [3.8, 4) is 0 Å². The lowest BCUT2D eigenvalue weighted by atomic mass is 10.2. The van der Waals surface area contributed by atoms with E-state index in [-0.39, 0.29) is 12.6 Å². The number of esters is 1. The molecule has 0 fully saturated rings. The average molecular weight is 234 g/mol. The highest BCUT2D eigenvalue weighted by molar-refractivity contribution is 5.95. The topological polar surface area (TPSA) is 58.6 Å². The van der Waals surface area contributed by atoms with Crippen LogP contribution < -0.4 is 10.2 Å². The Morgan fingerprint density at radius 2 is 2.18 bits per heavy atom. The summed E-state index contributed by atoms with van der Waals surface area (Å²) in [6.45, 7) is 0.542. The van der Waals surface area contributed by atoms with Crippen molar-refractivity contribution >= 4 is 17.7 Å². The molecule has 0 radical (unpaired) electrons. The lowest BCUT2D eigenvalue weighted by molar-refractivity contribution is -0.139. The molecule has 2 amide bonds. The van der Waals surface area contributed by atoms with Gasteiger partial charge in [0.2, 0.25) is 0 Å². The number of fused-ring (bicyclic) bond motifs is 1. The predicted molar refractivity (Wildman–Crippen MR) is 62.9 cm³/mol. The second kappa shape index (κ2) is 4.86. The van der Waals surface area contributed by atoms with Crippen molar-refractivity contribution < 1.29 is 14.3 Å². The van der Waals surface area contributed by atoms with Gasteiger partial charge in [0, 0.05) is 12.2 Å². The molecule has 0 saturated heterocycles. The first kappa shape index (κ1) is 11.4. The van der Waals surface area contributed by atoms with E-state index in [0.29, 0.717) is 6.54 Å². The van der Waals surface area contributed by atoms with Gasteiger partial charge in [0.1, 0.15) is 6.54 Å². The Balaban J connectivity index is 2.00. The standard InChI is InChI=1S/C12H14N2O3/c1-17-11(15)8-13-12(16)14-7-6-9-4-2-3-5-10(9)14/h2-5H,6-8H2,1H3,(H,13,16). The van der Waals surface area contributed by atoms with Crippen LogP contribution in [0, 0.1) is 0 Å². The van der Waals surface area contributed by atoms with Gasteiger partial charge in [-0.25, -0.2) is 4.79 Å². The Bertz CT molecular complexity index is 445. The van der Waals surface area contributed by atoms with Crippen LogP contribution in [0.25, 0.3) is 0 Å². The minimum absolute atomic E-state index is 0.103. The molecule has 0 unspecified atom stereocenters. The van der Waals surface area contributed by atoms with E-state index in [0.717, 1.165) is 17.7 Å². The van der Waals surface area contributed by atoms with Gasteiger partial charge in [0.25, 0.3) is 0 Å². The van der Waals surface area contributed by atoms with E-state index in [1.807, 2.05) is 24.3 Å². The summed E-state index contributed by atoms with van der Waals surface area (Å²) in [6, 6.07) is 7.49. The van der Waals surface area contributed by atoms with Crippen LogP contribution in [-0.4, -0.2) is 32.2 Å². The van der Waals surface area contributed by atoms with Gasteiger partial charge >= 0.3 is 12.0 Å². The third kappa shape index (κ3) is 2.38. The quantitative estimate of drug-likeness (QED) is 0.774. The maximum Gasteiger partial charge on any atom is 0.325 e. The number of amides is 2. The highest BCUT2D eigenvalue weighted by atomic mass is 16.5. The third-order valence-electron chi connectivity index (χ3n) is 2.74. The Kier molecular flexibility index (Phi) is 3.27. The lowest BCUT2D eigenvalue weighted by Gasteiger charge is -2.17. The molecule has 0 spiro atoms. The van der Waals surface area contributed by atoms with Crippen LogP contribution in [0.15, 0.2) is 24.3 Å². The van der Waals surface area contributed by atoms with E-state index in [1.54, 1.807) is 4.90 Å². The van der Waals surface area contributed by atoms with E-state index < -0.39 is 5.97 Å². The Labute approximate surface area is 99.4 Å². The van der Waals surface area contributed by atoms with Gasteiger partial charge in [-0.05, 0) is 18.1 Å². The molecule has 0 aromatic heterocycles. The van der Waals surface area contributed by atoms with E-state index in [2.05, 4.69) is 10.1 Å². The van der Waals surface area contributed by atoms with Crippen molar-refractivity contribution in [1.82, 2.24) is 5.32 Å². The first-order valence-electron chi connectivity index (χ1n) is 5.42. The van der Waals surface area contributed by atoms with Crippen molar-refractivity contribution in [3.63, 3.8) is 0 Å². The van der Waals surface area contributed by atoms with Crippen molar-refractivity contribution in [2.24, 2.45) is 0 Å². The summed E-state index contributed by atoms with van der Waals surface area (Å²) < 4.78 is 4.46. The molecule has 0 bridgehead atoms. The Morgan fingerprint density at radius 1 is 1.41 bits per heavy atom. The summed E-state index contributed by atoms with van der Waals surface area (Å²) >= 11 is 0. The molecule has 2 rings (SSSR count). The highest BCUT2D eigenvalue weighted by Gasteiger charge is 2.24. The number of ether oxygens (including phenoxy) is 1. The number of nitrogens with one attached hydrogen (secondary N) is 1. The predicted octanol–water partition coefficient (Wildman–Crippen LogP) is 0.932. The van der Waals surface area contributed by atoms with Crippen LogP contribution in [0.3, 0.4) is 0 Å². The minimum Gasteiger partial charge on any atom is -0.468 e. The van der Waals surface area contributed by atoms with Crippen LogP contribution >= 0.6 is 0 Å². The summed E-state index contributed by atoms with van der Waals surface area (Å²) in [5, 5.41) is 2.53. The summed E-state index contributed by atoms with van der Waals surface area (Å²) in [7, 11) is 1.29. The molecule has 1 heterocycles. The van der Waals surface area contributed by atoms with Crippen molar-refractivity contribution in [1.29, 1.82) is 0 Å². The Morgan fingerprint density at radius 3 is 2.94 bits per heavy atom. The zero-order chi connectivity index (χ0) is 12.3. The monoisotopic (exact) mass is 234 g/mol. The molecule has 17 heavy (non-hydrogen) atoms. The summed E-state index contributed by atoms with van der Waals surface area (Å²) in [4.78, 5) is 24.4. The van der Waals surface area contributed by atoms with Gasteiger partial charge in [-0.2, -0.15) is 0 Å². The first-order valence-corrected chi connectivity index (χ1v) is 5.42. The number of carbonyl (C=O) groups is 2. The van der Waals surface area contributed by atoms with Crippen molar-refractivity contribution in [2.75, 3.05) is 25.1 Å². The van der Waals surface area contributed by atoms with Crippen LogP contribution in [0.1, 0.15) is 5.56 Å². The number of methoxy groups -OCH3 is 1. The van der Waals surface area contributed by atoms with Gasteiger partial charge in [-0.3, -0.25) is 9.69 Å². The zero-order valence-corrected chi connectivity index (χ0v) is 9.60. The van der Waals surface area contributed by atoms with E-state index in [1.165, 1.54) is 7.11 Å². The molecule has 1 aromatic rings. The lowest BCUT2D eigenvalue weighted by Crippen LogP contribution is -2.41. The van der Waals surface area contributed by atoms with Gasteiger partial charge in [0.15, 0.2) is 0 Å². The van der Waals surface area contributed by atoms with E-state index >= 15 is 0 Å². The molecule has 90 valence electrons. The fraction of sp³-hybridized carbons (Fsp3) is 0.333. The number of anilines is 1. The molecular formula is C12H14N2O3. The van der Waals surface area contributed by atoms with Crippen molar-refractivity contribution in [2.45, 2.75) is 6.42 Å². The van der Waals surface area contributed by atoms with Crippen LogP contribution in [-0.2, 0) is 16.0 Å². The Hall–Kier alpha value is -2.04. The van der Waals surface area contributed by atoms with Gasteiger partial charge in [-0.15, -0.1) is 0 Å². The molecule has 0 aliphatic carbocycles. The van der Waals surface area contributed by atoms with Crippen LogP contribution in [0.2, 0.25) is 0 Å². The van der Waals surface area contributed by atoms with E-state index in [9.17, 15) is 9.59 Å². The first-order chi connectivity index (χ1) is 8.22. The summed E-state index contributed by atoms with van der Waals surface area (Å²) in [5.41, 5.74) is 2.07. The molecule has 1 N–H and O–H groups in total. The number of urea groups is 1. The van der Waals surface area contributed by atoms with Gasteiger partial charge < -0.3 is 10.1 Å². The number of hydrogen-bond acceptors (Lipinski definition) is 3. The normalized spacial score (nSPS) is 13.1. The number of carbonyl (C=O) groups excluding carboxylic acids is 2. The van der Waals surface area contributed by atoms with Crippen LogP contribution in [0.5, 0.6) is 0 Å².